The third kappa shape index (κ3) is 3.29. The van der Waals surface area contributed by atoms with Crippen LogP contribution in [0.1, 0.15) is 34.6 Å². The van der Waals surface area contributed by atoms with Crippen LogP contribution in [0.5, 0.6) is 0 Å². The average molecular weight is 372 g/mol. The minimum absolute atomic E-state index is 0.00747. The Morgan fingerprint density at radius 3 is 2.05 bits per heavy atom. The summed E-state index contributed by atoms with van der Waals surface area (Å²) in [5, 5.41) is 0. The second-order valence-corrected chi connectivity index (χ2v) is 29.5. The molecule has 20 heavy (non-hydrogen) atoms. The summed E-state index contributed by atoms with van der Waals surface area (Å²) in [6, 6.07) is 0. The third-order valence-corrected chi connectivity index (χ3v) is 32.2. The molecule has 0 radical (unpaired) electrons. The standard InChI is InChI=1S/C9H13.C5H14NOSi.2ClH.Ti/c1-6-5-7(2)9(4)8(6)3;1-5(7-2)6-8(3)4;;;/h6H,1-4H3;5-6H,1-4H3;2*1H;/q;;;;+2/p-2. The Hall–Kier alpha value is 0.911. The second-order valence-electron chi connectivity index (χ2n) is 6.29. The molecule has 0 aromatic heterocycles. The van der Waals surface area contributed by atoms with Gasteiger partial charge < -0.3 is 0 Å². The van der Waals surface area contributed by atoms with E-state index in [2.05, 4.69) is 45.8 Å². The Balaban J connectivity index is 3.18. The summed E-state index contributed by atoms with van der Waals surface area (Å²) in [5.74, 6) is 0.386. The summed E-state index contributed by atoms with van der Waals surface area (Å²) in [5.41, 5.74) is 4.11. The molecule has 1 rings (SSSR count). The number of rotatable bonds is 5. The Kier molecular flexibility index (Phi) is 6.23. The van der Waals surface area contributed by atoms with Gasteiger partial charge in [-0.3, -0.25) is 0 Å². The number of methoxy groups -OCH3 is 1. The van der Waals surface area contributed by atoms with E-state index < -0.39 is 19.8 Å². The Morgan fingerprint density at radius 1 is 1.20 bits per heavy atom. The molecule has 1 aliphatic rings. The van der Waals surface area contributed by atoms with E-state index in [1.54, 1.807) is 7.11 Å². The second kappa shape index (κ2) is 6.57. The SMILES string of the molecule is COC(C)N[Si](C)(C)[Ti]([Cl])([Cl])[C]1=C(C)C(C)=C(C)C1C. The van der Waals surface area contributed by atoms with Gasteiger partial charge in [-0.05, 0) is 0 Å². The van der Waals surface area contributed by atoms with E-state index in [0.29, 0.717) is 5.92 Å². The average Bonchev–Trinajstić information content (AvgIpc) is 2.53. The maximum absolute atomic E-state index is 7.07. The Morgan fingerprint density at radius 2 is 1.70 bits per heavy atom. The van der Waals surface area contributed by atoms with E-state index in [4.69, 9.17) is 23.3 Å². The predicted molar refractivity (Wildman–Crippen MR) is 89.0 cm³/mol. The fourth-order valence-electron chi connectivity index (χ4n) is 2.87. The van der Waals surface area contributed by atoms with Crippen molar-refractivity contribution in [3.63, 3.8) is 0 Å². The quantitative estimate of drug-likeness (QED) is 0.542. The van der Waals surface area contributed by atoms with Crippen LogP contribution in [0.25, 0.3) is 0 Å². The normalized spacial score (nSPS) is 22.8. The number of hydrogen-bond acceptors (Lipinski definition) is 2. The van der Waals surface area contributed by atoms with Gasteiger partial charge in [0.2, 0.25) is 0 Å². The van der Waals surface area contributed by atoms with Crippen molar-refractivity contribution in [1.29, 1.82) is 0 Å². The van der Waals surface area contributed by atoms with E-state index in [0.717, 1.165) is 0 Å². The first-order chi connectivity index (χ1) is 8.97. The van der Waals surface area contributed by atoms with Crippen LogP contribution in [-0.4, -0.2) is 19.4 Å². The van der Waals surface area contributed by atoms with Gasteiger partial charge in [-0.15, -0.1) is 0 Å². The molecular weight excluding hydrogens is 345 g/mol. The third-order valence-electron chi connectivity index (χ3n) is 4.68. The van der Waals surface area contributed by atoms with Crippen molar-refractivity contribution < 1.29 is 18.5 Å². The van der Waals surface area contributed by atoms with Crippen LogP contribution < -0.4 is 4.98 Å². The summed E-state index contributed by atoms with van der Waals surface area (Å²) in [4.78, 5) is 3.58. The van der Waals surface area contributed by atoms with E-state index in [-0.39, 0.29) is 6.23 Å². The van der Waals surface area contributed by atoms with Crippen LogP contribution in [0.2, 0.25) is 13.1 Å². The first kappa shape index (κ1) is 19.0. The van der Waals surface area contributed by atoms with E-state index in [9.17, 15) is 0 Å². The van der Waals surface area contributed by atoms with Crippen molar-refractivity contribution in [2.24, 2.45) is 5.92 Å². The zero-order valence-electron chi connectivity index (χ0n) is 13.8. The molecule has 0 bridgehead atoms. The zero-order valence-corrected chi connectivity index (χ0v) is 17.9. The van der Waals surface area contributed by atoms with Crippen LogP contribution >= 0.6 is 18.6 Å². The molecule has 0 saturated heterocycles. The van der Waals surface area contributed by atoms with Gasteiger partial charge in [0.25, 0.3) is 0 Å². The molecular formula is C14H27Cl2NOSiTi. The summed E-state index contributed by atoms with van der Waals surface area (Å²) in [7, 11) is 15.8. The van der Waals surface area contributed by atoms with Crippen molar-refractivity contribution in [3.05, 3.63) is 20.6 Å². The van der Waals surface area contributed by atoms with E-state index in [1.165, 1.54) is 20.6 Å². The molecule has 1 aliphatic carbocycles. The van der Waals surface area contributed by atoms with Crippen molar-refractivity contribution in [2.75, 3.05) is 7.11 Å². The van der Waals surface area contributed by atoms with E-state index >= 15 is 0 Å². The molecule has 2 nitrogen and oxygen atoms in total. The fraction of sp³-hybridized carbons (Fsp3) is 0.714. The molecule has 2 atom stereocenters. The van der Waals surface area contributed by atoms with Crippen molar-refractivity contribution in [1.82, 2.24) is 4.98 Å². The van der Waals surface area contributed by atoms with Crippen LogP contribution in [0, 0.1) is 5.92 Å². The maximum atomic E-state index is 7.07. The number of allylic oxidation sites excluding steroid dienone is 4. The van der Waals surface area contributed by atoms with Crippen LogP contribution in [-0.2, 0) is 18.5 Å². The van der Waals surface area contributed by atoms with Gasteiger partial charge in [0.05, 0.1) is 0 Å². The molecule has 0 heterocycles. The van der Waals surface area contributed by atoms with Gasteiger partial charge in [0.1, 0.15) is 0 Å². The molecule has 0 spiro atoms. The van der Waals surface area contributed by atoms with Crippen molar-refractivity contribution in [3.8, 4) is 0 Å². The number of hydrogen-bond donors (Lipinski definition) is 1. The zero-order chi connectivity index (χ0) is 15.9. The van der Waals surface area contributed by atoms with Gasteiger partial charge in [-0.25, -0.2) is 0 Å². The molecule has 0 amide bonds. The summed E-state index contributed by atoms with van der Waals surface area (Å²) in [6.07, 6.45) is -1.97. The van der Waals surface area contributed by atoms with Gasteiger partial charge in [0.15, 0.2) is 0 Å². The molecule has 1 N–H and O–H groups in total. The van der Waals surface area contributed by atoms with Crippen LogP contribution in [0.4, 0.5) is 0 Å². The predicted octanol–water partition coefficient (Wildman–Crippen LogP) is 4.99. The first-order valence-corrected chi connectivity index (χ1v) is 17.5. The van der Waals surface area contributed by atoms with E-state index in [1.807, 2.05) is 6.92 Å². The molecule has 0 aromatic rings. The Labute approximate surface area is 135 Å². The van der Waals surface area contributed by atoms with Gasteiger partial charge >= 0.3 is 136 Å². The van der Waals surface area contributed by atoms with Crippen LogP contribution in [0.3, 0.4) is 0 Å². The summed E-state index contributed by atoms with van der Waals surface area (Å²) < 4.78 is 6.69. The topological polar surface area (TPSA) is 21.3 Å². The van der Waals surface area contributed by atoms with Gasteiger partial charge in [-0.2, -0.15) is 0 Å². The van der Waals surface area contributed by atoms with Gasteiger partial charge in [0, 0.05) is 0 Å². The number of ether oxygens (including phenoxy) is 1. The first-order valence-electron chi connectivity index (χ1n) is 7.04. The monoisotopic (exact) mass is 371 g/mol. The number of nitrogens with one attached hydrogen (secondary N) is 1. The van der Waals surface area contributed by atoms with Gasteiger partial charge in [-0.1, -0.05) is 0 Å². The van der Waals surface area contributed by atoms with Crippen molar-refractivity contribution >= 4 is 24.7 Å². The number of halogens is 2. The summed E-state index contributed by atoms with van der Waals surface area (Å²) >= 11 is -3.15. The Bertz CT molecular complexity index is 460. The molecule has 0 fully saturated rings. The molecule has 0 aromatic carbocycles. The molecule has 116 valence electrons. The fourth-order valence-corrected chi connectivity index (χ4v) is 17.6. The molecule has 0 aliphatic heterocycles. The van der Waals surface area contributed by atoms with Crippen molar-refractivity contribution in [2.45, 2.75) is 53.9 Å². The summed E-state index contributed by atoms with van der Waals surface area (Å²) in [6.45, 7) is 15.3. The molecule has 6 heteroatoms. The molecule has 0 saturated carbocycles. The molecule has 2 unspecified atom stereocenters. The van der Waals surface area contributed by atoms with Crippen LogP contribution in [0.15, 0.2) is 20.6 Å². The minimum atomic E-state index is -3.15.